The number of nitrogens with one attached hydrogen (secondary N) is 2. The van der Waals surface area contributed by atoms with Gasteiger partial charge in [-0.3, -0.25) is 28.3 Å². The molecular formula is C27H28N4O6. The summed E-state index contributed by atoms with van der Waals surface area (Å²) in [6, 6.07) is 15.4. The molecule has 1 aromatic heterocycles. The second-order valence-electron chi connectivity index (χ2n) is 9.16. The Kier molecular flexibility index (Phi) is 7.37. The molecule has 1 amide bonds. The van der Waals surface area contributed by atoms with Gasteiger partial charge in [-0.05, 0) is 23.1 Å². The number of hydrogen-bond acceptors (Lipinski definition) is 7. The maximum absolute atomic E-state index is 13.0. The smallest absolute Gasteiger partial charge is 0.332 e. The first-order chi connectivity index (χ1) is 17.7. The van der Waals surface area contributed by atoms with Crippen molar-refractivity contribution in [2.45, 2.75) is 38.8 Å². The molecule has 1 aliphatic heterocycles. The summed E-state index contributed by atoms with van der Waals surface area (Å²) in [5.41, 5.74) is 0.875. The van der Waals surface area contributed by atoms with E-state index >= 15 is 0 Å². The van der Waals surface area contributed by atoms with Crippen molar-refractivity contribution in [2.24, 2.45) is 7.05 Å². The number of benzene rings is 2. The molecule has 0 unspecified atom stereocenters. The van der Waals surface area contributed by atoms with E-state index in [1.54, 1.807) is 12.1 Å². The van der Waals surface area contributed by atoms with Gasteiger partial charge in [0.15, 0.2) is 12.4 Å². The molecule has 192 valence electrons. The van der Waals surface area contributed by atoms with Gasteiger partial charge in [0.2, 0.25) is 0 Å². The molecule has 0 radical (unpaired) electrons. The molecule has 0 spiro atoms. The second-order valence-corrected chi connectivity index (χ2v) is 9.16. The van der Waals surface area contributed by atoms with E-state index in [0.717, 1.165) is 15.7 Å². The number of anilines is 2. The van der Waals surface area contributed by atoms with Gasteiger partial charge in [0.1, 0.15) is 17.4 Å². The fourth-order valence-electron chi connectivity index (χ4n) is 4.27. The Hall–Kier alpha value is -4.47. The first-order valence-corrected chi connectivity index (χ1v) is 11.9. The second kappa shape index (κ2) is 10.7. The molecule has 0 bridgehead atoms. The maximum Gasteiger partial charge on any atom is 0.332 e. The Balaban J connectivity index is 1.44. The van der Waals surface area contributed by atoms with Crippen molar-refractivity contribution >= 4 is 29.2 Å². The number of carbonyl (C=O) groups is 3. The highest BCUT2D eigenvalue weighted by molar-refractivity contribution is 6.10. The van der Waals surface area contributed by atoms with Crippen molar-refractivity contribution < 1.29 is 19.1 Å². The number of aromatic nitrogens is 2. The Labute approximate surface area is 212 Å². The first-order valence-electron chi connectivity index (χ1n) is 11.9. The third-order valence-electron chi connectivity index (χ3n) is 6.19. The summed E-state index contributed by atoms with van der Waals surface area (Å²) in [7, 11) is 1.30. The van der Waals surface area contributed by atoms with Crippen molar-refractivity contribution in [1.29, 1.82) is 0 Å². The van der Waals surface area contributed by atoms with E-state index in [1.165, 1.54) is 11.6 Å². The SMILES string of the molecule is CC(C)c1ccccc1NC(=O)COC(=O)C[C@H]1Nc2c(c(=O)n(C)c(=O)n2Cc2ccccc2)C1=O. The Bertz CT molecular complexity index is 1470. The molecule has 10 heteroatoms. The molecule has 4 rings (SSSR count). The standard InChI is InChI=1S/C27H28N4O6/c1-16(2)18-11-7-8-12-19(18)28-21(32)15-37-22(33)13-20-24(34)23-25(29-20)31(27(36)30(3)26(23)35)14-17-9-5-4-6-10-17/h4-12,16,20,29H,13-15H2,1-3H3,(H,28,32)/t20-/m1/s1. The summed E-state index contributed by atoms with van der Waals surface area (Å²) in [6.07, 6.45) is -0.411. The number of esters is 1. The molecule has 1 atom stereocenters. The molecule has 37 heavy (non-hydrogen) atoms. The van der Waals surface area contributed by atoms with E-state index in [2.05, 4.69) is 10.6 Å². The minimum atomic E-state index is -1.09. The zero-order valence-electron chi connectivity index (χ0n) is 20.8. The van der Waals surface area contributed by atoms with E-state index in [9.17, 15) is 24.0 Å². The Morgan fingerprint density at radius 1 is 1.03 bits per heavy atom. The molecule has 0 saturated heterocycles. The van der Waals surface area contributed by atoms with E-state index in [-0.39, 0.29) is 23.8 Å². The van der Waals surface area contributed by atoms with Crippen LogP contribution in [0.5, 0.6) is 0 Å². The molecular weight excluding hydrogens is 476 g/mol. The van der Waals surface area contributed by atoms with Gasteiger partial charge in [0.05, 0.1) is 13.0 Å². The summed E-state index contributed by atoms with van der Waals surface area (Å²) in [4.78, 5) is 63.4. The van der Waals surface area contributed by atoms with Gasteiger partial charge in [0, 0.05) is 12.7 Å². The number of nitrogens with zero attached hydrogens (tertiary/aromatic N) is 2. The molecule has 2 heterocycles. The Morgan fingerprint density at radius 3 is 2.41 bits per heavy atom. The van der Waals surface area contributed by atoms with Crippen molar-refractivity contribution in [2.75, 3.05) is 17.2 Å². The third-order valence-corrected chi connectivity index (χ3v) is 6.19. The lowest BCUT2D eigenvalue weighted by Crippen LogP contribution is -2.40. The lowest BCUT2D eigenvalue weighted by molar-refractivity contribution is -0.147. The summed E-state index contributed by atoms with van der Waals surface area (Å²) < 4.78 is 7.27. The quantitative estimate of drug-likeness (QED) is 0.450. The van der Waals surface area contributed by atoms with Crippen LogP contribution < -0.4 is 21.9 Å². The topological polar surface area (TPSA) is 128 Å². The van der Waals surface area contributed by atoms with E-state index in [0.29, 0.717) is 5.69 Å². The molecule has 10 nitrogen and oxygen atoms in total. The molecule has 2 N–H and O–H groups in total. The zero-order valence-corrected chi connectivity index (χ0v) is 20.8. The van der Waals surface area contributed by atoms with Gasteiger partial charge >= 0.3 is 11.7 Å². The maximum atomic E-state index is 13.0. The van der Waals surface area contributed by atoms with Crippen LogP contribution in [0.15, 0.2) is 64.2 Å². The van der Waals surface area contributed by atoms with Gasteiger partial charge in [0.25, 0.3) is 11.5 Å². The van der Waals surface area contributed by atoms with Gasteiger partial charge in [-0.2, -0.15) is 0 Å². The number of ether oxygens (including phenoxy) is 1. The van der Waals surface area contributed by atoms with Crippen LogP contribution in [0, 0.1) is 0 Å². The monoisotopic (exact) mass is 504 g/mol. The van der Waals surface area contributed by atoms with E-state index in [4.69, 9.17) is 4.74 Å². The Morgan fingerprint density at radius 2 is 1.70 bits per heavy atom. The number of ketones is 1. The molecule has 0 saturated carbocycles. The fourth-order valence-corrected chi connectivity index (χ4v) is 4.27. The zero-order chi connectivity index (χ0) is 26.7. The first kappa shape index (κ1) is 25.6. The highest BCUT2D eigenvalue weighted by atomic mass is 16.5. The number of hydrogen-bond donors (Lipinski definition) is 2. The van der Waals surface area contributed by atoms with Gasteiger partial charge in [-0.15, -0.1) is 0 Å². The number of carbonyl (C=O) groups excluding carboxylic acids is 3. The number of Topliss-reactive ketones (excluding diaryl/α,β-unsaturated/α-hetero) is 1. The van der Waals surface area contributed by atoms with Crippen molar-refractivity contribution in [3.05, 3.63) is 92.1 Å². The lowest BCUT2D eigenvalue weighted by Gasteiger charge is -2.15. The average molecular weight is 505 g/mol. The lowest BCUT2D eigenvalue weighted by atomic mass is 10.0. The van der Waals surface area contributed by atoms with Crippen LogP contribution >= 0.6 is 0 Å². The summed E-state index contributed by atoms with van der Waals surface area (Å²) >= 11 is 0. The summed E-state index contributed by atoms with van der Waals surface area (Å²) in [6.45, 7) is 3.60. The van der Waals surface area contributed by atoms with Crippen LogP contribution in [-0.2, 0) is 27.9 Å². The van der Waals surface area contributed by atoms with Crippen molar-refractivity contribution in [3.8, 4) is 0 Å². The van der Waals surface area contributed by atoms with Crippen LogP contribution in [0.2, 0.25) is 0 Å². The van der Waals surface area contributed by atoms with Crippen LogP contribution in [-0.4, -0.2) is 39.4 Å². The number of amides is 1. The average Bonchev–Trinajstić information content (AvgIpc) is 3.20. The van der Waals surface area contributed by atoms with E-state index < -0.39 is 48.0 Å². The van der Waals surface area contributed by atoms with Gasteiger partial charge in [-0.25, -0.2) is 4.79 Å². The minimum absolute atomic E-state index is 0.0720. The van der Waals surface area contributed by atoms with Gasteiger partial charge in [-0.1, -0.05) is 62.4 Å². The summed E-state index contributed by atoms with van der Waals surface area (Å²) in [5, 5.41) is 5.59. The van der Waals surface area contributed by atoms with Crippen LogP contribution in [0.3, 0.4) is 0 Å². The van der Waals surface area contributed by atoms with Crippen molar-refractivity contribution in [1.82, 2.24) is 9.13 Å². The third kappa shape index (κ3) is 5.37. The molecule has 2 aromatic carbocycles. The fraction of sp³-hybridized carbons (Fsp3) is 0.296. The van der Waals surface area contributed by atoms with Crippen molar-refractivity contribution in [3.63, 3.8) is 0 Å². The van der Waals surface area contributed by atoms with Crippen LogP contribution in [0.4, 0.5) is 11.5 Å². The van der Waals surface area contributed by atoms with Crippen LogP contribution in [0.1, 0.15) is 47.7 Å². The van der Waals surface area contributed by atoms with Gasteiger partial charge < -0.3 is 15.4 Å². The molecule has 3 aromatic rings. The normalized spacial score (nSPS) is 14.3. The largest absolute Gasteiger partial charge is 0.455 e. The highest BCUT2D eigenvalue weighted by Gasteiger charge is 2.38. The molecule has 1 aliphatic rings. The predicted octanol–water partition coefficient (Wildman–Crippen LogP) is 2.27. The molecule has 0 fully saturated rings. The minimum Gasteiger partial charge on any atom is -0.455 e. The number of rotatable bonds is 8. The number of para-hydroxylation sites is 1. The van der Waals surface area contributed by atoms with E-state index in [1.807, 2.05) is 56.3 Å². The van der Waals surface area contributed by atoms with Crippen LogP contribution in [0.25, 0.3) is 0 Å². The number of fused-ring (bicyclic) bond motifs is 1. The molecule has 0 aliphatic carbocycles. The highest BCUT2D eigenvalue weighted by Crippen LogP contribution is 2.25. The summed E-state index contributed by atoms with van der Waals surface area (Å²) in [5.74, 6) is -1.65. The predicted molar refractivity (Wildman–Crippen MR) is 138 cm³/mol.